The summed E-state index contributed by atoms with van der Waals surface area (Å²) in [6.45, 7) is 8.21. The zero-order valence-electron chi connectivity index (χ0n) is 9.07. The summed E-state index contributed by atoms with van der Waals surface area (Å²) in [5, 5.41) is 0. The van der Waals surface area contributed by atoms with E-state index in [-0.39, 0.29) is 5.41 Å². The minimum Gasteiger partial charge on any atom is -0.204 e. The first-order valence-corrected chi connectivity index (χ1v) is 4.81. The highest BCUT2D eigenvalue weighted by molar-refractivity contribution is 5.25. The fraction of sp³-hybridized carbons (Fsp3) is 0.500. The van der Waals surface area contributed by atoms with Crippen LogP contribution in [0.4, 0.5) is 8.78 Å². The van der Waals surface area contributed by atoms with Gasteiger partial charge in [0.15, 0.2) is 11.6 Å². The largest absolute Gasteiger partial charge is 0.204 e. The van der Waals surface area contributed by atoms with E-state index in [1.54, 1.807) is 6.07 Å². The maximum atomic E-state index is 13.0. The van der Waals surface area contributed by atoms with Crippen LogP contribution in [0.25, 0.3) is 0 Å². The summed E-state index contributed by atoms with van der Waals surface area (Å²) < 4.78 is 25.7. The maximum absolute atomic E-state index is 13.0. The van der Waals surface area contributed by atoms with Gasteiger partial charge in [-0.15, -0.1) is 0 Å². The Morgan fingerprint density at radius 2 is 1.64 bits per heavy atom. The van der Waals surface area contributed by atoms with Crippen LogP contribution in [0.3, 0.4) is 0 Å². The van der Waals surface area contributed by atoms with E-state index in [0.29, 0.717) is 5.92 Å². The van der Waals surface area contributed by atoms with Crippen LogP contribution in [-0.4, -0.2) is 0 Å². The molecule has 0 nitrogen and oxygen atoms in total. The molecule has 1 aromatic carbocycles. The van der Waals surface area contributed by atoms with Gasteiger partial charge in [0.1, 0.15) is 0 Å². The lowest BCUT2D eigenvalue weighted by Gasteiger charge is -2.29. The van der Waals surface area contributed by atoms with Crippen molar-refractivity contribution in [1.82, 2.24) is 0 Å². The van der Waals surface area contributed by atoms with Gasteiger partial charge in [0, 0.05) is 0 Å². The average Bonchev–Trinajstić information content (AvgIpc) is 2.09. The number of benzene rings is 1. The standard InChI is InChI=1S/C12H16F2/c1-8(2)12(3,4)9-5-6-10(13)11(14)7-9/h5-8H,1-4H3. The zero-order valence-corrected chi connectivity index (χ0v) is 9.07. The molecule has 0 aliphatic heterocycles. The fourth-order valence-corrected chi connectivity index (χ4v) is 1.23. The Bertz CT molecular complexity index is 327. The Morgan fingerprint density at radius 1 is 1.07 bits per heavy atom. The molecule has 78 valence electrons. The van der Waals surface area contributed by atoms with E-state index in [1.807, 2.05) is 13.8 Å². The van der Waals surface area contributed by atoms with Gasteiger partial charge in [0.2, 0.25) is 0 Å². The van der Waals surface area contributed by atoms with Crippen molar-refractivity contribution >= 4 is 0 Å². The van der Waals surface area contributed by atoms with E-state index in [9.17, 15) is 8.78 Å². The zero-order chi connectivity index (χ0) is 10.9. The third-order valence-electron chi connectivity index (χ3n) is 3.11. The highest BCUT2D eigenvalue weighted by Crippen LogP contribution is 2.31. The number of hydrogen-bond donors (Lipinski definition) is 0. The molecule has 0 unspecified atom stereocenters. The van der Waals surface area contributed by atoms with Crippen LogP contribution in [-0.2, 0) is 5.41 Å². The van der Waals surface area contributed by atoms with Gasteiger partial charge in [-0.25, -0.2) is 8.78 Å². The Labute approximate surface area is 84.0 Å². The monoisotopic (exact) mass is 198 g/mol. The van der Waals surface area contributed by atoms with Crippen molar-refractivity contribution in [2.45, 2.75) is 33.1 Å². The van der Waals surface area contributed by atoms with Crippen molar-refractivity contribution in [3.8, 4) is 0 Å². The molecular weight excluding hydrogens is 182 g/mol. The summed E-state index contributed by atoms with van der Waals surface area (Å²) in [4.78, 5) is 0. The topological polar surface area (TPSA) is 0 Å². The molecule has 0 fully saturated rings. The molecule has 0 aromatic heterocycles. The third-order valence-corrected chi connectivity index (χ3v) is 3.11. The Hall–Kier alpha value is -0.920. The molecule has 0 amide bonds. The highest BCUT2D eigenvalue weighted by Gasteiger charge is 2.25. The molecule has 0 bridgehead atoms. The van der Waals surface area contributed by atoms with E-state index in [1.165, 1.54) is 12.1 Å². The first-order chi connectivity index (χ1) is 6.35. The van der Waals surface area contributed by atoms with E-state index >= 15 is 0 Å². The molecule has 0 aliphatic rings. The van der Waals surface area contributed by atoms with Crippen LogP contribution in [0.5, 0.6) is 0 Å². The van der Waals surface area contributed by atoms with Crippen molar-refractivity contribution < 1.29 is 8.78 Å². The van der Waals surface area contributed by atoms with Gasteiger partial charge in [-0.1, -0.05) is 33.8 Å². The molecule has 0 radical (unpaired) electrons. The smallest absolute Gasteiger partial charge is 0.159 e. The summed E-state index contributed by atoms with van der Waals surface area (Å²) in [5.74, 6) is -1.17. The quantitative estimate of drug-likeness (QED) is 0.676. The van der Waals surface area contributed by atoms with Gasteiger partial charge in [-0.05, 0) is 29.0 Å². The summed E-state index contributed by atoms with van der Waals surface area (Å²) in [6.07, 6.45) is 0. The molecule has 0 spiro atoms. The van der Waals surface area contributed by atoms with Crippen molar-refractivity contribution in [2.75, 3.05) is 0 Å². The van der Waals surface area contributed by atoms with Gasteiger partial charge < -0.3 is 0 Å². The summed E-state index contributed by atoms with van der Waals surface area (Å²) in [6, 6.07) is 4.13. The minimum absolute atomic E-state index is 0.130. The van der Waals surface area contributed by atoms with Crippen LogP contribution >= 0.6 is 0 Å². The second-order valence-electron chi connectivity index (χ2n) is 4.51. The van der Waals surface area contributed by atoms with Crippen LogP contribution in [0.1, 0.15) is 33.3 Å². The highest BCUT2D eigenvalue weighted by atomic mass is 19.2. The second kappa shape index (κ2) is 3.68. The lowest BCUT2D eigenvalue weighted by Crippen LogP contribution is -2.24. The first-order valence-electron chi connectivity index (χ1n) is 4.81. The van der Waals surface area contributed by atoms with Crippen molar-refractivity contribution in [1.29, 1.82) is 0 Å². The molecule has 1 aromatic rings. The van der Waals surface area contributed by atoms with Crippen molar-refractivity contribution in [3.05, 3.63) is 35.4 Å². The molecule has 0 aliphatic carbocycles. The van der Waals surface area contributed by atoms with Gasteiger partial charge in [0.05, 0.1) is 0 Å². The van der Waals surface area contributed by atoms with Crippen LogP contribution in [0, 0.1) is 17.6 Å². The average molecular weight is 198 g/mol. The Balaban J connectivity index is 3.14. The number of rotatable bonds is 2. The van der Waals surface area contributed by atoms with Crippen LogP contribution < -0.4 is 0 Å². The summed E-state index contributed by atoms with van der Waals surface area (Å²) in [5.41, 5.74) is 0.709. The molecule has 14 heavy (non-hydrogen) atoms. The molecule has 1 rings (SSSR count). The molecule has 0 heterocycles. The fourth-order valence-electron chi connectivity index (χ4n) is 1.23. The van der Waals surface area contributed by atoms with Crippen molar-refractivity contribution in [2.24, 2.45) is 5.92 Å². The van der Waals surface area contributed by atoms with Gasteiger partial charge in [0.25, 0.3) is 0 Å². The second-order valence-corrected chi connectivity index (χ2v) is 4.51. The molecule has 0 saturated heterocycles. The lowest BCUT2D eigenvalue weighted by atomic mass is 9.75. The molecule has 0 N–H and O–H groups in total. The summed E-state index contributed by atoms with van der Waals surface area (Å²) in [7, 11) is 0. The van der Waals surface area contributed by atoms with E-state index < -0.39 is 11.6 Å². The first kappa shape index (κ1) is 11.2. The normalized spacial score (nSPS) is 12.2. The Morgan fingerprint density at radius 3 is 2.07 bits per heavy atom. The van der Waals surface area contributed by atoms with Crippen LogP contribution in [0.15, 0.2) is 18.2 Å². The molecule has 2 heteroatoms. The van der Waals surface area contributed by atoms with E-state index in [2.05, 4.69) is 13.8 Å². The van der Waals surface area contributed by atoms with Crippen molar-refractivity contribution in [3.63, 3.8) is 0 Å². The number of halogens is 2. The van der Waals surface area contributed by atoms with Crippen LogP contribution in [0.2, 0.25) is 0 Å². The molecular formula is C12H16F2. The minimum atomic E-state index is -0.784. The number of hydrogen-bond acceptors (Lipinski definition) is 0. The predicted molar refractivity (Wildman–Crippen MR) is 54.2 cm³/mol. The SMILES string of the molecule is CC(C)C(C)(C)c1ccc(F)c(F)c1. The Kier molecular flexibility index (Phi) is 2.93. The predicted octanol–water partition coefficient (Wildman–Crippen LogP) is 3.90. The van der Waals surface area contributed by atoms with E-state index in [0.717, 1.165) is 5.56 Å². The van der Waals surface area contributed by atoms with Gasteiger partial charge in [-0.3, -0.25) is 0 Å². The van der Waals surface area contributed by atoms with Gasteiger partial charge in [-0.2, -0.15) is 0 Å². The lowest BCUT2D eigenvalue weighted by molar-refractivity contribution is 0.368. The maximum Gasteiger partial charge on any atom is 0.159 e. The van der Waals surface area contributed by atoms with Gasteiger partial charge >= 0.3 is 0 Å². The summed E-state index contributed by atoms with van der Waals surface area (Å²) >= 11 is 0. The van der Waals surface area contributed by atoms with E-state index in [4.69, 9.17) is 0 Å². The third kappa shape index (κ3) is 1.94. The molecule has 0 atom stereocenters. The molecule has 0 saturated carbocycles.